The van der Waals surface area contributed by atoms with Crippen molar-refractivity contribution < 1.29 is 4.74 Å². The summed E-state index contributed by atoms with van der Waals surface area (Å²) in [6, 6.07) is 8.50. The number of fused-ring (bicyclic) bond motifs is 1. The van der Waals surface area contributed by atoms with Crippen LogP contribution in [-0.4, -0.2) is 44.3 Å². The fraction of sp³-hybridized carbons (Fsp3) is 0.591. The minimum Gasteiger partial charge on any atom is -0.385 e. The summed E-state index contributed by atoms with van der Waals surface area (Å²) in [7, 11) is 1.79. The molecule has 1 aromatic heterocycles. The van der Waals surface area contributed by atoms with Crippen LogP contribution in [0.1, 0.15) is 44.6 Å². The number of H-pyrrole nitrogens is 1. The van der Waals surface area contributed by atoms with Crippen LogP contribution < -0.4 is 10.6 Å². The lowest BCUT2D eigenvalue weighted by Crippen LogP contribution is -2.40. The number of aryl methyl sites for hydroxylation is 1. The summed E-state index contributed by atoms with van der Waals surface area (Å²) in [5.41, 5.74) is 2.97. The van der Waals surface area contributed by atoms with E-state index in [-0.39, 0.29) is 0 Å². The van der Waals surface area contributed by atoms with E-state index in [2.05, 4.69) is 53.0 Å². The van der Waals surface area contributed by atoms with Gasteiger partial charge in [-0.3, -0.25) is 4.99 Å². The standard InChI is InChI=1S/C22H34N4O/c1-3-23-21(26-17-22(11-7-12-22)13-15-27-2)24-14-6-8-18-16-25-20-10-5-4-9-19(18)20/h4-5,9-10,16,25H,3,6-8,11-15,17H2,1-2H3,(H2,23,24,26). The lowest BCUT2D eigenvalue weighted by Gasteiger charge is -2.40. The molecule has 0 atom stereocenters. The minimum atomic E-state index is 0.363. The zero-order valence-corrected chi connectivity index (χ0v) is 16.8. The number of para-hydroxylation sites is 1. The third-order valence-electron chi connectivity index (χ3n) is 5.76. The summed E-state index contributed by atoms with van der Waals surface area (Å²) in [5, 5.41) is 8.23. The highest BCUT2D eigenvalue weighted by molar-refractivity contribution is 5.83. The van der Waals surface area contributed by atoms with E-state index in [1.807, 2.05) is 0 Å². The van der Waals surface area contributed by atoms with Crippen LogP contribution in [0.5, 0.6) is 0 Å². The summed E-state index contributed by atoms with van der Waals surface area (Å²) in [6.07, 6.45) is 9.29. The normalized spacial score (nSPS) is 16.3. The Hall–Kier alpha value is -2.01. The number of nitrogens with one attached hydrogen (secondary N) is 3. The molecule has 5 nitrogen and oxygen atoms in total. The van der Waals surface area contributed by atoms with Gasteiger partial charge >= 0.3 is 0 Å². The van der Waals surface area contributed by atoms with Crippen LogP contribution in [0.25, 0.3) is 10.9 Å². The number of aromatic nitrogens is 1. The van der Waals surface area contributed by atoms with Gasteiger partial charge in [0.2, 0.25) is 0 Å². The maximum absolute atomic E-state index is 5.29. The lowest BCUT2D eigenvalue weighted by molar-refractivity contribution is 0.0778. The number of hydrogen-bond donors (Lipinski definition) is 3. The van der Waals surface area contributed by atoms with Gasteiger partial charge in [0.05, 0.1) is 0 Å². The van der Waals surface area contributed by atoms with Crippen molar-refractivity contribution in [2.45, 2.75) is 45.4 Å². The molecule has 3 N–H and O–H groups in total. The monoisotopic (exact) mass is 370 g/mol. The fourth-order valence-electron chi connectivity index (χ4n) is 3.90. The molecule has 1 heterocycles. The maximum Gasteiger partial charge on any atom is 0.191 e. The van der Waals surface area contributed by atoms with Gasteiger partial charge in [0.1, 0.15) is 0 Å². The average molecular weight is 371 g/mol. The first-order valence-electron chi connectivity index (χ1n) is 10.3. The Labute approximate surface area is 163 Å². The first-order chi connectivity index (χ1) is 13.3. The van der Waals surface area contributed by atoms with E-state index in [9.17, 15) is 0 Å². The molecule has 148 valence electrons. The van der Waals surface area contributed by atoms with Crippen molar-refractivity contribution >= 4 is 16.9 Å². The van der Waals surface area contributed by atoms with Gasteiger partial charge in [-0.15, -0.1) is 0 Å². The first-order valence-corrected chi connectivity index (χ1v) is 10.3. The van der Waals surface area contributed by atoms with Crippen molar-refractivity contribution in [3.8, 4) is 0 Å². The van der Waals surface area contributed by atoms with Crippen molar-refractivity contribution in [1.29, 1.82) is 0 Å². The number of methoxy groups -OCH3 is 1. The number of ether oxygens (including phenoxy) is 1. The molecule has 1 aliphatic rings. The van der Waals surface area contributed by atoms with E-state index in [0.717, 1.165) is 51.5 Å². The molecule has 1 aromatic carbocycles. The van der Waals surface area contributed by atoms with E-state index < -0.39 is 0 Å². The number of benzene rings is 1. The minimum absolute atomic E-state index is 0.363. The predicted octanol–water partition coefficient (Wildman–Crippen LogP) is 3.86. The van der Waals surface area contributed by atoms with Crippen molar-refractivity contribution in [2.75, 3.05) is 33.4 Å². The van der Waals surface area contributed by atoms with Crippen LogP contribution in [0.3, 0.4) is 0 Å². The third kappa shape index (κ3) is 5.25. The van der Waals surface area contributed by atoms with Gasteiger partial charge in [0, 0.05) is 50.5 Å². The molecule has 0 unspecified atom stereocenters. The molecule has 0 aliphatic heterocycles. The Balaban J connectivity index is 1.47. The molecule has 27 heavy (non-hydrogen) atoms. The van der Waals surface area contributed by atoms with E-state index in [4.69, 9.17) is 9.73 Å². The predicted molar refractivity (Wildman–Crippen MR) is 113 cm³/mol. The van der Waals surface area contributed by atoms with E-state index in [1.165, 1.54) is 35.7 Å². The number of aliphatic imine (C=N–C) groups is 1. The molecule has 2 aromatic rings. The number of nitrogens with zero attached hydrogens (tertiary/aromatic N) is 1. The first kappa shape index (κ1) is 19.7. The molecule has 0 radical (unpaired) electrons. The van der Waals surface area contributed by atoms with Gasteiger partial charge in [-0.1, -0.05) is 24.6 Å². The van der Waals surface area contributed by atoms with Crippen LogP contribution in [0.4, 0.5) is 0 Å². The average Bonchev–Trinajstić information content (AvgIpc) is 3.07. The van der Waals surface area contributed by atoms with Gasteiger partial charge < -0.3 is 20.4 Å². The highest BCUT2D eigenvalue weighted by atomic mass is 16.5. The SMILES string of the molecule is CCNC(=NCC1(CCOC)CCC1)NCCCc1c[nH]c2ccccc12. The highest BCUT2D eigenvalue weighted by Gasteiger charge is 2.36. The Morgan fingerprint density at radius 1 is 1.26 bits per heavy atom. The van der Waals surface area contributed by atoms with Gasteiger partial charge in [-0.25, -0.2) is 0 Å². The summed E-state index contributed by atoms with van der Waals surface area (Å²) >= 11 is 0. The molecule has 1 saturated carbocycles. The number of guanidine groups is 1. The Morgan fingerprint density at radius 3 is 2.85 bits per heavy atom. The van der Waals surface area contributed by atoms with Crippen molar-refractivity contribution in [3.05, 3.63) is 36.0 Å². The van der Waals surface area contributed by atoms with Gasteiger partial charge in [-0.05, 0) is 56.1 Å². The number of hydrogen-bond acceptors (Lipinski definition) is 2. The largest absolute Gasteiger partial charge is 0.385 e. The molecule has 0 saturated heterocycles. The molecular weight excluding hydrogens is 336 g/mol. The molecule has 1 aliphatic carbocycles. The van der Waals surface area contributed by atoms with Crippen LogP contribution in [-0.2, 0) is 11.2 Å². The zero-order chi connectivity index (χ0) is 19.0. The second-order valence-corrected chi connectivity index (χ2v) is 7.68. The quantitative estimate of drug-likeness (QED) is 0.338. The van der Waals surface area contributed by atoms with E-state index in [1.54, 1.807) is 7.11 Å². The van der Waals surface area contributed by atoms with E-state index in [0.29, 0.717) is 5.41 Å². The van der Waals surface area contributed by atoms with Gasteiger partial charge in [0.15, 0.2) is 5.96 Å². The lowest BCUT2D eigenvalue weighted by atomic mass is 9.67. The van der Waals surface area contributed by atoms with E-state index >= 15 is 0 Å². The smallest absolute Gasteiger partial charge is 0.191 e. The molecule has 5 heteroatoms. The number of aromatic amines is 1. The zero-order valence-electron chi connectivity index (χ0n) is 16.8. The van der Waals surface area contributed by atoms with Crippen molar-refractivity contribution in [2.24, 2.45) is 10.4 Å². The molecule has 3 rings (SSSR count). The second kappa shape index (κ2) is 9.79. The van der Waals surface area contributed by atoms with Gasteiger partial charge in [0.25, 0.3) is 0 Å². The number of rotatable bonds is 10. The van der Waals surface area contributed by atoms with Crippen molar-refractivity contribution in [1.82, 2.24) is 15.6 Å². The topological polar surface area (TPSA) is 61.4 Å². The fourth-order valence-corrected chi connectivity index (χ4v) is 3.90. The van der Waals surface area contributed by atoms with Gasteiger partial charge in [-0.2, -0.15) is 0 Å². The van der Waals surface area contributed by atoms with Crippen LogP contribution in [0.15, 0.2) is 35.5 Å². The molecule has 0 amide bonds. The Morgan fingerprint density at radius 2 is 2.11 bits per heavy atom. The Bertz CT molecular complexity index is 733. The summed E-state index contributed by atoms with van der Waals surface area (Å²) < 4.78 is 5.29. The molecule has 0 spiro atoms. The summed E-state index contributed by atoms with van der Waals surface area (Å²) in [4.78, 5) is 8.24. The van der Waals surface area contributed by atoms with Crippen molar-refractivity contribution in [3.63, 3.8) is 0 Å². The molecule has 1 fully saturated rings. The highest BCUT2D eigenvalue weighted by Crippen LogP contribution is 2.44. The van der Waals surface area contributed by atoms with Crippen LogP contribution >= 0.6 is 0 Å². The second-order valence-electron chi connectivity index (χ2n) is 7.68. The Kier molecular flexibility index (Phi) is 7.16. The molecule has 0 bridgehead atoms. The van der Waals surface area contributed by atoms with Crippen LogP contribution in [0.2, 0.25) is 0 Å². The summed E-state index contributed by atoms with van der Waals surface area (Å²) in [6.45, 7) is 5.67. The summed E-state index contributed by atoms with van der Waals surface area (Å²) in [5.74, 6) is 0.945. The van der Waals surface area contributed by atoms with Crippen LogP contribution in [0, 0.1) is 5.41 Å². The maximum atomic E-state index is 5.29. The molecular formula is C22H34N4O. The third-order valence-corrected chi connectivity index (χ3v) is 5.76.